The fourth-order valence-corrected chi connectivity index (χ4v) is 3.17. The zero-order chi connectivity index (χ0) is 16.0. The molecule has 126 valence electrons. The fraction of sp³-hybridized carbons (Fsp3) is 1.00. The third-order valence-corrected chi connectivity index (χ3v) is 4.79. The summed E-state index contributed by atoms with van der Waals surface area (Å²) in [6, 6.07) is 1.18. The molecule has 0 spiro atoms. The lowest BCUT2D eigenvalue weighted by Gasteiger charge is -2.41. The van der Waals surface area contributed by atoms with E-state index in [1.807, 2.05) is 0 Å². The van der Waals surface area contributed by atoms with Gasteiger partial charge in [-0.05, 0) is 57.4 Å². The van der Waals surface area contributed by atoms with E-state index < -0.39 is 0 Å². The molecule has 21 heavy (non-hydrogen) atoms. The minimum atomic E-state index is -0.154. The maximum Gasteiger partial charge on any atom is 0.0566 e. The van der Waals surface area contributed by atoms with Gasteiger partial charge in [-0.2, -0.15) is 0 Å². The predicted octanol–water partition coefficient (Wildman–Crippen LogP) is 3.13. The summed E-state index contributed by atoms with van der Waals surface area (Å²) in [5.41, 5.74) is 0. The number of rotatable bonds is 8. The van der Waals surface area contributed by atoms with Gasteiger partial charge in [0.25, 0.3) is 0 Å². The summed E-state index contributed by atoms with van der Waals surface area (Å²) in [5.74, 6) is 1.75. The second-order valence-corrected chi connectivity index (χ2v) is 8.03. The highest BCUT2D eigenvalue weighted by atomic mass is 16.3. The van der Waals surface area contributed by atoms with Crippen LogP contribution in [-0.4, -0.2) is 47.8 Å². The normalized spacial score (nSPS) is 26.0. The van der Waals surface area contributed by atoms with Gasteiger partial charge in [-0.15, -0.1) is 0 Å². The van der Waals surface area contributed by atoms with Crippen molar-refractivity contribution in [2.75, 3.05) is 19.6 Å². The first-order chi connectivity index (χ1) is 9.79. The molecule has 1 aliphatic rings. The molecule has 1 aliphatic heterocycles. The molecule has 3 nitrogen and oxygen atoms in total. The molecule has 0 aliphatic carbocycles. The molecular weight excluding hydrogens is 260 g/mol. The second-order valence-electron chi connectivity index (χ2n) is 8.03. The van der Waals surface area contributed by atoms with Crippen LogP contribution in [0, 0.1) is 17.8 Å². The Hall–Kier alpha value is -0.120. The Kier molecular flexibility index (Phi) is 8.22. The monoisotopic (exact) mass is 298 g/mol. The number of likely N-dealkylation sites (tertiary alicyclic amines) is 1. The van der Waals surface area contributed by atoms with Gasteiger partial charge >= 0.3 is 0 Å². The Morgan fingerprint density at radius 1 is 1.10 bits per heavy atom. The van der Waals surface area contributed by atoms with Crippen LogP contribution < -0.4 is 5.32 Å². The minimum absolute atomic E-state index is 0.154. The van der Waals surface area contributed by atoms with E-state index in [0.717, 1.165) is 32.0 Å². The molecule has 0 bridgehead atoms. The van der Waals surface area contributed by atoms with E-state index in [4.69, 9.17) is 0 Å². The molecule has 0 aromatic rings. The van der Waals surface area contributed by atoms with Crippen LogP contribution in [-0.2, 0) is 0 Å². The van der Waals surface area contributed by atoms with E-state index in [2.05, 4.69) is 51.8 Å². The SMILES string of the molecule is CC(C)CCNC1CC(CC(O)C(C)C)CN(C(C)C)C1. The Morgan fingerprint density at radius 2 is 1.76 bits per heavy atom. The van der Waals surface area contributed by atoms with Crippen molar-refractivity contribution in [2.45, 2.75) is 79.0 Å². The summed E-state index contributed by atoms with van der Waals surface area (Å²) < 4.78 is 0. The molecule has 1 saturated heterocycles. The summed E-state index contributed by atoms with van der Waals surface area (Å²) in [4.78, 5) is 2.58. The largest absolute Gasteiger partial charge is 0.393 e. The van der Waals surface area contributed by atoms with Crippen LogP contribution in [0.2, 0.25) is 0 Å². The first kappa shape index (κ1) is 18.9. The Balaban J connectivity index is 2.51. The maximum atomic E-state index is 10.2. The van der Waals surface area contributed by atoms with Crippen LogP contribution in [0.5, 0.6) is 0 Å². The van der Waals surface area contributed by atoms with E-state index >= 15 is 0 Å². The van der Waals surface area contributed by atoms with Gasteiger partial charge in [-0.1, -0.05) is 27.7 Å². The van der Waals surface area contributed by atoms with Crippen molar-refractivity contribution in [3.8, 4) is 0 Å². The number of nitrogens with zero attached hydrogens (tertiary/aromatic N) is 1. The van der Waals surface area contributed by atoms with Crippen molar-refractivity contribution < 1.29 is 5.11 Å². The van der Waals surface area contributed by atoms with Gasteiger partial charge in [0.1, 0.15) is 0 Å². The summed E-state index contributed by atoms with van der Waals surface area (Å²) in [7, 11) is 0. The van der Waals surface area contributed by atoms with Gasteiger partial charge in [0.15, 0.2) is 0 Å². The van der Waals surface area contributed by atoms with Crippen LogP contribution in [0.25, 0.3) is 0 Å². The lowest BCUT2D eigenvalue weighted by Crippen LogP contribution is -2.52. The van der Waals surface area contributed by atoms with Gasteiger partial charge in [0.2, 0.25) is 0 Å². The van der Waals surface area contributed by atoms with Crippen LogP contribution in [0.4, 0.5) is 0 Å². The summed E-state index contributed by atoms with van der Waals surface area (Å²) >= 11 is 0. The number of nitrogens with one attached hydrogen (secondary N) is 1. The topological polar surface area (TPSA) is 35.5 Å². The summed E-state index contributed by atoms with van der Waals surface area (Å²) in [5, 5.41) is 13.9. The number of aliphatic hydroxyl groups excluding tert-OH is 1. The average molecular weight is 299 g/mol. The number of aliphatic hydroxyl groups is 1. The van der Waals surface area contributed by atoms with Crippen molar-refractivity contribution in [3.63, 3.8) is 0 Å². The number of piperidine rings is 1. The molecule has 0 aromatic carbocycles. The van der Waals surface area contributed by atoms with Crippen molar-refractivity contribution in [1.29, 1.82) is 0 Å². The van der Waals surface area contributed by atoms with Crippen molar-refractivity contribution in [1.82, 2.24) is 10.2 Å². The quantitative estimate of drug-likeness (QED) is 0.723. The first-order valence-electron chi connectivity index (χ1n) is 8.95. The Bertz CT molecular complexity index is 276. The standard InChI is InChI=1S/C18H38N2O/c1-13(2)7-8-19-17-9-16(10-18(21)14(3)4)11-20(12-17)15(5)6/h13-19,21H,7-12H2,1-6H3. The average Bonchev–Trinajstić information content (AvgIpc) is 2.37. The van der Waals surface area contributed by atoms with Gasteiger partial charge in [0.05, 0.1) is 6.10 Å². The molecule has 1 fully saturated rings. The zero-order valence-corrected chi connectivity index (χ0v) is 15.1. The lowest BCUT2D eigenvalue weighted by atomic mass is 9.86. The van der Waals surface area contributed by atoms with E-state index in [1.54, 1.807) is 0 Å². The third kappa shape index (κ3) is 7.12. The maximum absolute atomic E-state index is 10.2. The van der Waals surface area contributed by atoms with Crippen LogP contribution in [0.1, 0.15) is 60.8 Å². The van der Waals surface area contributed by atoms with Gasteiger partial charge in [0, 0.05) is 25.2 Å². The molecule has 3 unspecified atom stereocenters. The van der Waals surface area contributed by atoms with E-state index in [-0.39, 0.29) is 6.10 Å². The lowest BCUT2D eigenvalue weighted by molar-refractivity contribution is 0.0518. The van der Waals surface area contributed by atoms with Crippen LogP contribution in [0.3, 0.4) is 0 Å². The van der Waals surface area contributed by atoms with Crippen molar-refractivity contribution in [3.05, 3.63) is 0 Å². The van der Waals surface area contributed by atoms with E-state index in [9.17, 15) is 5.11 Å². The molecule has 0 aromatic heterocycles. The van der Waals surface area contributed by atoms with E-state index in [0.29, 0.717) is 23.9 Å². The molecule has 0 amide bonds. The predicted molar refractivity (Wildman–Crippen MR) is 91.5 cm³/mol. The molecule has 3 heteroatoms. The molecule has 1 heterocycles. The van der Waals surface area contributed by atoms with Crippen molar-refractivity contribution >= 4 is 0 Å². The number of hydrogen-bond donors (Lipinski definition) is 2. The second kappa shape index (κ2) is 9.12. The number of hydrogen-bond acceptors (Lipinski definition) is 3. The fourth-order valence-electron chi connectivity index (χ4n) is 3.17. The smallest absolute Gasteiger partial charge is 0.0566 e. The highest BCUT2D eigenvalue weighted by Crippen LogP contribution is 2.25. The molecule has 0 radical (unpaired) electrons. The highest BCUT2D eigenvalue weighted by molar-refractivity contribution is 4.86. The third-order valence-electron chi connectivity index (χ3n) is 4.79. The van der Waals surface area contributed by atoms with Gasteiger partial charge in [-0.25, -0.2) is 0 Å². The molecular formula is C18H38N2O. The molecule has 0 saturated carbocycles. The summed E-state index contributed by atoms with van der Waals surface area (Å²) in [6.45, 7) is 16.8. The van der Waals surface area contributed by atoms with E-state index in [1.165, 1.54) is 12.8 Å². The van der Waals surface area contributed by atoms with Crippen LogP contribution >= 0.6 is 0 Å². The Morgan fingerprint density at radius 3 is 2.29 bits per heavy atom. The molecule has 3 atom stereocenters. The summed E-state index contributed by atoms with van der Waals surface area (Å²) in [6.07, 6.45) is 3.25. The van der Waals surface area contributed by atoms with Crippen molar-refractivity contribution in [2.24, 2.45) is 17.8 Å². The van der Waals surface area contributed by atoms with Crippen LogP contribution in [0.15, 0.2) is 0 Å². The molecule has 1 rings (SSSR count). The minimum Gasteiger partial charge on any atom is -0.393 e. The van der Waals surface area contributed by atoms with Gasteiger partial charge < -0.3 is 10.4 Å². The molecule has 2 N–H and O–H groups in total. The zero-order valence-electron chi connectivity index (χ0n) is 15.1. The first-order valence-corrected chi connectivity index (χ1v) is 8.95. The highest BCUT2D eigenvalue weighted by Gasteiger charge is 2.30. The van der Waals surface area contributed by atoms with Gasteiger partial charge in [-0.3, -0.25) is 4.90 Å². The Labute approximate surface area is 132 Å².